The van der Waals surface area contributed by atoms with Gasteiger partial charge in [-0.3, -0.25) is 19.2 Å². The lowest BCUT2D eigenvalue weighted by atomic mass is 9.96. The monoisotopic (exact) mass is 985 g/mol. The molecular weight excluding hydrogens is 905 g/mol. The Labute approximate surface area is 419 Å². The predicted octanol–water partition coefficient (Wildman–Crippen LogP) is 5.40. The SMILES string of the molecule is CC(=N)COc1ccc(CC(N)C(=O)O)cc1.CC(C)C(=N)CCc1ccc(CC(N)C(=O)O)cc1.CC(C)C(N)CCc1ccc(CC(N)C(=O)O)cc1.CC(N)Cc1ccc(CC(N)C(=O)O)cc1. The van der Waals surface area contributed by atoms with Crippen molar-refractivity contribution in [2.24, 2.45) is 46.2 Å². The minimum atomic E-state index is -1.01. The Morgan fingerprint density at radius 3 is 1.06 bits per heavy atom. The second kappa shape index (κ2) is 33.3. The van der Waals surface area contributed by atoms with Crippen LogP contribution in [0, 0.1) is 22.7 Å². The number of carbonyl (C=O) groups is 4. The Bertz CT molecular complexity index is 2220. The van der Waals surface area contributed by atoms with Crippen molar-refractivity contribution in [2.45, 2.75) is 136 Å². The number of aliphatic carboxylic acids is 4. The molecule has 6 atom stereocenters. The van der Waals surface area contributed by atoms with Crippen LogP contribution in [-0.2, 0) is 64.1 Å². The summed E-state index contributed by atoms with van der Waals surface area (Å²) in [5, 5.41) is 49.9. The Morgan fingerprint density at radius 2 is 0.775 bits per heavy atom. The molecule has 4 aromatic rings. The normalized spacial score (nSPS) is 13.3. The number of aryl methyl sites for hydroxylation is 2. The van der Waals surface area contributed by atoms with Gasteiger partial charge in [-0.15, -0.1) is 0 Å². The van der Waals surface area contributed by atoms with Crippen molar-refractivity contribution in [1.82, 2.24) is 0 Å². The minimum absolute atomic E-state index is 0.132. The summed E-state index contributed by atoms with van der Waals surface area (Å²) in [6.45, 7) is 12.2. The van der Waals surface area contributed by atoms with Gasteiger partial charge in [-0.1, -0.05) is 113 Å². The number of carboxylic acids is 4. The molecule has 18 N–H and O–H groups in total. The second-order valence-electron chi connectivity index (χ2n) is 18.6. The summed E-state index contributed by atoms with van der Waals surface area (Å²) >= 11 is 0. The van der Waals surface area contributed by atoms with E-state index in [9.17, 15) is 19.2 Å². The quantitative estimate of drug-likeness (QED) is 0.0370. The zero-order valence-corrected chi connectivity index (χ0v) is 42.2. The molecule has 0 amide bonds. The van der Waals surface area contributed by atoms with Gasteiger partial charge in [0.15, 0.2) is 0 Å². The van der Waals surface area contributed by atoms with Crippen LogP contribution in [0.3, 0.4) is 0 Å². The minimum Gasteiger partial charge on any atom is -0.488 e. The van der Waals surface area contributed by atoms with Crippen LogP contribution in [0.1, 0.15) is 93.3 Å². The van der Waals surface area contributed by atoms with Crippen molar-refractivity contribution in [3.05, 3.63) is 136 Å². The van der Waals surface area contributed by atoms with Crippen LogP contribution < -0.4 is 39.1 Å². The summed E-state index contributed by atoms with van der Waals surface area (Å²) in [7, 11) is 0. The molecule has 17 heteroatoms. The zero-order chi connectivity index (χ0) is 53.8. The fraction of sp³-hybridized carbons (Fsp3) is 0.444. The summed E-state index contributed by atoms with van der Waals surface area (Å²) in [6.07, 6.45) is 5.71. The van der Waals surface area contributed by atoms with Gasteiger partial charge in [0.25, 0.3) is 0 Å². The molecule has 0 heterocycles. The van der Waals surface area contributed by atoms with Gasteiger partial charge in [0, 0.05) is 23.5 Å². The molecule has 0 bridgehead atoms. The molecule has 390 valence electrons. The van der Waals surface area contributed by atoms with E-state index >= 15 is 0 Å². The van der Waals surface area contributed by atoms with Crippen molar-refractivity contribution in [1.29, 1.82) is 10.8 Å². The van der Waals surface area contributed by atoms with Gasteiger partial charge in [0.2, 0.25) is 0 Å². The van der Waals surface area contributed by atoms with Gasteiger partial charge in [-0.05, 0) is 135 Å². The van der Waals surface area contributed by atoms with Crippen LogP contribution in [0.25, 0.3) is 0 Å². The highest BCUT2D eigenvalue weighted by Gasteiger charge is 2.15. The van der Waals surface area contributed by atoms with E-state index < -0.39 is 48.0 Å². The van der Waals surface area contributed by atoms with E-state index in [1.54, 1.807) is 31.2 Å². The third kappa shape index (κ3) is 28.2. The largest absolute Gasteiger partial charge is 0.488 e. The van der Waals surface area contributed by atoms with E-state index in [4.69, 9.17) is 70.4 Å². The fourth-order valence-corrected chi connectivity index (χ4v) is 6.38. The average Bonchev–Trinajstić information content (AvgIpc) is 3.31. The van der Waals surface area contributed by atoms with Crippen LogP contribution >= 0.6 is 0 Å². The van der Waals surface area contributed by atoms with Crippen molar-refractivity contribution in [3.63, 3.8) is 0 Å². The van der Waals surface area contributed by atoms with Crippen molar-refractivity contribution in [2.75, 3.05) is 6.61 Å². The van der Waals surface area contributed by atoms with Crippen LogP contribution in [0.15, 0.2) is 97.1 Å². The van der Waals surface area contributed by atoms with Gasteiger partial charge >= 0.3 is 23.9 Å². The van der Waals surface area contributed by atoms with E-state index in [0.717, 1.165) is 71.2 Å². The molecule has 0 saturated heterocycles. The maximum Gasteiger partial charge on any atom is 0.320 e. The molecule has 17 nitrogen and oxygen atoms in total. The number of hydrogen-bond donors (Lipinski definition) is 12. The summed E-state index contributed by atoms with van der Waals surface area (Å²) in [5.41, 5.74) is 42.0. The third-order valence-electron chi connectivity index (χ3n) is 11.1. The highest BCUT2D eigenvalue weighted by molar-refractivity contribution is 5.83. The Kier molecular flexibility index (Phi) is 29.4. The number of nitrogens with two attached hydrogens (primary N) is 6. The van der Waals surface area contributed by atoms with Gasteiger partial charge < -0.3 is 70.4 Å². The van der Waals surface area contributed by atoms with Crippen molar-refractivity contribution >= 4 is 35.3 Å². The van der Waals surface area contributed by atoms with E-state index in [1.807, 2.05) is 93.6 Å². The van der Waals surface area contributed by atoms with Gasteiger partial charge in [-0.2, -0.15) is 0 Å². The molecular formula is C54H80N8O9. The van der Waals surface area contributed by atoms with Crippen LogP contribution in [-0.4, -0.2) is 98.6 Å². The maximum absolute atomic E-state index is 10.7. The number of carboxylic acid groups (broad SMARTS) is 4. The molecule has 0 aliphatic rings. The molecule has 0 radical (unpaired) electrons. The first-order valence-electron chi connectivity index (χ1n) is 23.8. The fourth-order valence-electron chi connectivity index (χ4n) is 6.38. The molecule has 0 saturated carbocycles. The number of benzene rings is 4. The van der Waals surface area contributed by atoms with Crippen LogP contribution in [0.5, 0.6) is 5.75 Å². The highest BCUT2D eigenvalue weighted by Crippen LogP contribution is 2.15. The molecule has 0 aromatic heterocycles. The number of rotatable bonds is 25. The average molecular weight is 985 g/mol. The molecule has 0 fully saturated rings. The van der Waals surface area contributed by atoms with Crippen LogP contribution in [0.2, 0.25) is 0 Å². The first-order valence-corrected chi connectivity index (χ1v) is 23.8. The number of hydrogen-bond acceptors (Lipinski definition) is 13. The second-order valence-corrected chi connectivity index (χ2v) is 18.6. The number of ether oxygens (including phenoxy) is 1. The Hall–Kier alpha value is -6.34. The zero-order valence-electron chi connectivity index (χ0n) is 42.2. The Morgan fingerprint density at radius 1 is 0.479 bits per heavy atom. The van der Waals surface area contributed by atoms with E-state index in [1.165, 1.54) is 5.56 Å². The topological polar surface area (TPSA) is 362 Å². The van der Waals surface area contributed by atoms with Crippen molar-refractivity contribution < 1.29 is 44.3 Å². The smallest absolute Gasteiger partial charge is 0.320 e. The molecule has 0 spiro atoms. The standard InChI is InChI=1S/C15H24N2O2.C15H22N2O2.C12H16N2O3.C12H18N2O2/c2*1-10(2)13(16)8-7-11-3-5-12(6-4-11)9-14(17)15(18)19;1-8(13)7-17-10-4-2-9(3-5-10)6-11(14)12(15)16;1-8(13)6-9-2-4-10(5-3-9)7-11(14)12(15)16/h3-6,10,13-14H,7-9,16-17H2,1-2H3,(H,18,19);3-6,10,14,16H,7-9,17H2,1-2H3,(H,18,19);2-5,11,13H,6-7,14H2,1H3,(H,15,16);2-5,8,11H,6-7,13-14H2,1H3,(H,15,16). The Balaban J connectivity index is 0.000000474. The van der Waals surface area contributed by atoms with Gasteiger partial charge in [0.1, 0.15) is 36.5 Å². The lowest BCUT2D eigenvalue weighted by molar-refractivity contribution is -0.139. The summed E-state index contributed by atoms with van der Waals surface area (Å²) in [5.74, 6) is -2.48. The van der Waals surface area contributed by atoms with E-state index in [-0.39, 0.29) is 18.7 Å². The van der Waals surface area contributed by atoms with Gasteiger partial charge in [-0.25, -0.2) is 0 Å². The molecule has 4 rings (SSSR count). The van der Waals surface area contributed by atoms with Gasteiger partial charge in [0.05, 0.1) is 0 Å². The first kappa shape index (κ1) is 62.7. The summed E-state index contributed by atoms with van der Waals surface area (Å²) in [6, 6.07) is 27.5. The molecule has 71 heavy (non-hydrogen) atoms. The van der Waals surface area contributed by atoms with E-state index in [0.29, 0.717) is 49.0 Å². The van der Waals surface area contributed by atoms with E-state index in [2.05, 4.69) is 13.8 Å². The lowest BCUT2D eigenvalue weighted by Gasteiger charge is -2.15. The molecule has 0 aliphatic carbocycles. The first-order chi connectivity index (χ1) is 33.3. The lowest BCUT2D eigenvalue weighted by Crippen LogP contribution is -2.32. The molecule has 4 aromatic carbocycles. The van der Waals surface area contributed by atoms with Crippen LogP contribution in [0.4, 0.5) is 0 Å². The summed E-state index contributed by atoms with van der Waals surface area (Å²) in [4.78, 5) is 42.5. The molecule has 6 unspecified atom stereocenters. The number of nitrogens with one attached hydrogen (secondary N) is 2. The highest BCUT2D eigenvalue weighted by atomic mass is 16.5. The van der Waals surface area contributed by atoms with Crippen molar-refractivity contribution in [3.8, 4) is 5.75 Å². The predicted molar refractivity (Wildman–Crippen MR) is 281 cm³/mol. The maximum atomic E-state index is 10.7. The summed E-state index contributed by atoms with van der Waals surface area (Å²) < 4.78 is 5.30. The third-order valence-corrected chi connectivity index (χ3v) is 11.1. The molecule has 0 aliphatic heterocycles.